The quantitative estimate of drug-likeness (QED) is 0.747. The number of nitrogens with one attached hydrogen (secondary N) is 1. The normalized spacial score (nSPS) is 14.2. The fourth-order valence-electron chi connectivity index (χ4n) is 3.18. The Morgan fingerprint density at radius 2 is 1.79 bits per heavy atom. The van der Waals surface area contributed by atoms with Crippen molar-refractivity contribution in [3.8, 4) is 11.4 Å². The van der Waals surface area contributed by atoms with Crippen LogP contribution in [0.25, 0.3) is 11.4 Å². The fraction of sp³-hybridized carbons (Fsp3) is 0.300. The minimum atomic E-state index is 0.107. The molecular formula is C20H22N6O2. The van der Waals surface area contributed by atoms with Crippen LogP contribution >= 0.6 is 0 Å². The number of carbonyl (C=O) groups is 1. The van der Waals surface area contributed by atoms with Crippen LogP contribution < -0.4 is 10.2 Å². The average molecular weight is 378 g/mol. The second-order valence-corrected chi connectivity index (χ2v) is 6.74. The Labute approximate surface area is 163 Å². The van der Waals surface area contributed by atoms with Gasteiger partial charge in [0.25, 0.3) is 0 Å². The van der Waals surface area contributed by atoms with Gasteiger partial charge < -0.3 is 19.6 Å². The fourth-order valence-corrected chi connectivity index (χ4v) is 3.18. The van der Waals surface area contributed by atoms with Gasteiger partial charge in [0.2, 0.25) is 5.91 Å². The van der Waals surface area contributed by atoms with E-state index in [4.69, 9.17) is 9.51 Å². The Morgan fingerprint density at radius 1 is 1.04 bits per heavy atom. The first-order valence-corrected chi connectivity index (χ1v) is 9.24. The third-order valence-electron chi connectivity index (χ3n) is 4.68. The molecule has 3 heterocycles. The summed E-state index contributed by atoms with van der Waals surface area (Å²) in [5.74, 6) is 3.53. The molecule has 0 bridgehead atoms. The summed E-state index contributed by atoms with van der Waals surface area (Å²) in [6, 6.07) is 13.6. The van der Waals surface area contributed by atoms with Crippen molar-refractivity contribution in [2.75, 3.05) is 36.4 Å². The van der Waals surface area contributed by atoms with Gasteiger partial charge in [0.15, 0.2) is 11.6 Å². The zero-order valence-corrected chi connectivity index (χ0v) is 15.9. The third kappa shape index (κ3) is 3.95. The van der Waals surface area contributed by atoms with Crippen molar-refractivity contribution in [1.82, 2.24) is 20.0 Å². The van der Waals surface area contributed by atoms with Crippen molar-refractivity contribution in [3.05, 3.63) is 48.2 Å². The summed E-state index contributed by atoms with van der Waals surface area (Å²) in [5.41, 5.74) is 0.936. The number of hydrogen-bond acceptors (Lipinski definition) is 7. The van der Waals surface area contributed by atoms with E-state index in [-0.39, 0.29) is 5.91 Å². The maximum atomic E-state index is 11.6. The van der Waals surface area contributed by atoms with Crippen LogP contribution in [0, 0.1) is 6.92 Å². The van der Waals surface area contributed by atoms with Gasteiger partial charge in [-0.15, -0.1) is 0 Å². The first-order valence-electron chi connectivity index (χ1n) is 9.24. The Kier molecular flexibility index (Phi) is 4.92. The van der Waals surface area contributed by atoms with E-state index in [9.17, 15) is 4.79 Å². The first-order chi connectivity index (χ1) is 13.6. The summed E-state index contributed by atoms with van der Waals surface area (Å²) in [7, 11) is 0. The van der Waals surface area contributed by atoms with Crippen molar-refractivity contribution >= 4 is 23.4 Å². The number of piperazine rings is 1. The molecule has 0 unspecified atom stereocenters. The molecule has 0 aliphatic carbocycles. The van der Waals surface area contributed by atoms with Crippen LogP contribution in [0.5, 0.6) is 0 Å². The van der Waals surface area contributed by atoms with Crippen molar-refractivity contribution in [1.29, 1.82) is 0 Å². The van der Waals surface area contributed by atoms with Crippen LogP contribution in [0.1, 0.15) is 12.7 Å². The molecule has 28 heavy (non-hydrogen) atoms. The number of carbonyl (C=O) groups excluding carboxylic acids is 1. The minimum Gasteiger partial charge on any atom is -0.360 e. The Hall–Kier alpha value is -3.42. The lowest BCUT2D eigenvalue weighted by Crippen LogP contribution is -2.48. The van der Waals surface area contributed by atoms with E-state index in [0.29, 0.717) is 30.5 Å². The highest BCUT2D eigenvalue weighted by Crippen LogP contribution is 2.25. The lowest BCUT2D eigenvalue weighted by atomic mass is 10.2. The van der Waals surface area contributed by atoms with Crippen LogP contribution in [0.2, 0.25) is 0 Å². The van der Waals surface area contributed by atoms with Crippen LogP contribution in [-0.2, 0) is 4.79 Å². The SMILES string of the molecule is CC(=O)N1CCN(c2cc(Nc3cc(C)on3)nc(-c3ccccc3)n2)CC1. The van der Waals surface area contributed by atoms with E-state index in [0.717, 1.165) is 30.2 Å². The maximum absolute atomic E-state index is 11.6. The smallest absolute Gasteiger partial charge is 0.219 e. The van der Waals surface area contributed by atoms with E-state index in [1.54, 1.807) is 6.92 Å². The maximum Gasteiger partial charge on any atom is 0.219 e. The molecule has 1 amide bonds. The molecule has 3 aromatic rings. The summed E-state index contributed by atoms with van der Waals surface area (Å²) in [4.78, 5) is 25.0. The largest absolute Gasteiger partial charge is 0.360 e. The second-order valence-electron chi connectivity index (χ2n) is 6.74. The molecule has 2 aromatic heterocycles. The van der Waals surface area contributed by atoms with Crippen molar-refractivity contribution in [3.63, 3.8) is 0 Å². The predicted molar refractivity (Wildman–Crippen MR) is 106 cm³/mol. The van der Waals surface area contributed by atoms with Gasteiger partial charge in [-0.3, -0.25) is 4.79 Å². The monoisotopic (exact) mass is 378 g/mol. The lowest BCUT2D eigenvalue weighted by molar-refractivity contribution is -0.129. The second kappa shape index (κ2) is 7.67. The molecule has 0 radical (unpaired) electrons. The van der Waals surface area contributed by atoms with Crippen LogP contribution in [0.15, 0.2) is 47.0 Å². The number of anilines is 3. The molecule has 1 N–H and O–H groups in total. The van der Waals surface area contributed by atoms with Gasteiger partial charge >= 0.3 is 0 Å². The lowest BCUT2D eigenvalue weighted by Gasteiger charge is -2.35. The molecule has 144 valence electrons. The molecule has 8 nitrogen and oxygen atoms in total. The van der Waals surface area contributed by atoms with Gasteiger partial charge in [0.1, 0.15) is 17.4 Å². The van der Waals surface area contributed by atoms with E-state index in [1.807, 2.05) is 54.3 Å². The number of aromatic nitrogens is 3. The van der Waals surface area contributed by atoms with Crippen molar-refractivity contribution in [2.45, 2.75) is 13.8 Å². The van der Waals surface area contributed by atoms with Gasteiger partial charge in [-0.05, 0) is 6.92 Å². The highest BCUT2D eigenvalue weighted by atomic mass is 16.5. The first kappa shape index (κ1) is 18.0. The molecule has 1 aliphatic rings. The van der Waals surface area contributed by atoms with E-state index >= 15 is 0 Å². The summed E-state index contributed by atoms with van der Waals surface area (Å²) >= 11 is 0. The molecule has 0 spiro atoms. The highest BCUT2D eigenvalue weighted by molar-refractivity contribution is 5.73. The van der Waals surface area contributed by atoms with Crippen molar-refractivity contribution < 1.29 is 9.32 Å². The van der Waals surface area contributed by atoms with Crippen LogP contribution in [0.3, 0.4) is 0 Å². The molecular weight excluding hydrogens is 356 g/mol. The molecule has 1 saturated heterocycles. The number of hydrogen-bond donors (Lipinski definition) is 1. The molecule has 0 atom stereocenters. The van der Waals surface area contributed by atoms with Gasteiger partial charge in [-0.25, -0.2) is 9.97 Å². The van der Waals surface area contributed by atoms with E-state index in [2.05, 4.69) is 20.4 Å². The minimum absolute atomic E-state index is 0.107. The number of benzene rings is 1. The van der Waals surface area contributed by atoms with Gasteiger partial charge in [0, 0.05) is 50.8 Å². The number of amides is 1. The van der Waals surface area contributed by atoms with Gasteiger partial charge in [0.05, 0.1) is 0 Å². The van der Waals surface area contributed by atoms with E-state index < -0.39 is 0 Å². The van der Waals surface area contributed by atoms with E-state index in [1.165, 1.54) is 0 Å². The molecule has 8 heteroatoms. The standard InChI is InChI=1S/C20H22N6O2/c1-14-12-18(24-28-14)21-17-13-19(26-10-8-25(9-11-26)15(2)27)23-20(22-17)16-6-4-3-5-7-16/h3-7,12-13H,8-11H2,1-2H3,(H,21,22,23,24). The van der Waals surface area contributed by atoms with Gasteiger partial charge in [-0.2, -0.15) is 0 Å². The Bertz CT molecular complexity index is 964. The Morgan fingerprint density at radius 3 is 2.43 bits per heavy atom. The van der Waals surface area contributed by atoms with Crippen LogP contribution in [0.4, 0.5) is 17.5 Å². The highest BCUT2D eigenvalue weighted by Gasteiger charge is 2.21. The molecule has 1 fully saturated rings. The van der Waals surface area contributed by atoms with Crippen molar-refractivity contribution in [2.24, 2.45) is 0 Å². The Balaban J connectivity index is 1.65. The summed E-state index contributed by atoms with van der Waals surface area (Å²) < 4.78 is 5.13. The number of nitrogens with zero attached hydrogens (tertiary/aromatic N) is 5. The molecule has 4 rings (SSSR count). The summed E-state index contributed by atoms with van der Waals surface area (Å²) in [5, 5.41) is 7.17. The molecule has 1 aromatic carbocycles. The zero-order valence-electron chi connectivity index (χ0n) is 15.9. The predicted octanol–water partition coefficient (Wildman–Crippen LogP) is 2.85. The van der Waals surface area contributed by atoms with Crippen LogP contribution in [-0.4, -0.2) is 52.1 Å². The topological polar surface area (TPSA) is 87.4 Å². The average Bonchev–Trinajstić information content (AvgIpc) is 3.13. The molecule has 1 aliphatic heterocycles. The number of aryl methyl sites for hydroxylation is 1. The van der Waals surface area contributed by atoms with Gasteiger partial charge in [-0.1, -0.05) is 35.5 Å². The number of rotatable bonds is 4. The summed E-state index contributed by atoms with van der Waals surface area (Å²) in [6.45, 7) is 6.28. The zero-order chi connectivity index (χ0) is 19.5. The summed E-state index contributed by atoms with van der Waals surface area (Å²) in [6.07, 6.45) is 0. The molecule has 0 saturated carbocycles. The third-order valence-corrected chi connectivity index (χ3v) is 4.68.